The van der Waals surface area contributed by atoms with E-state index in [-0.39, 0.29) is 17.3 Å². The fraction of sp³-hybridized carbons (Fsp3) is 0.273. The fourth-order valence-corrected chi connectivity index (χ4v) is 3.37. The van der Waals surface area contributed by atoms with Gasteiger partial charge in [-0.15, -0.1) is 0 Å². The number of hydrogen-bond donors (Lipinski definition) is 1. The van der Waals surface area contributed by atoms with Crippen LogP contribution in [0.3, 0.4) is 0 Å². The zero-order valence-electron chi connectivity index (χ0n) is 15.7. The van der Waals surface area contributed by atoms with Crippen molar-refractivity contribution in [2.24, 2.45) is 5.92 Å². The Hall–Kier alpha value is -3.08. The molecule has 1 amide bonds. The first-order valence-corrected chi connectivity index (χ1v) is 8.91. The number of ether oxygens (including phenoxy) is 1. The summed E-state index contributed by atoms with van der Waals surface area (Å²) in [7, 11) is 1.56. The largest absolute Gasteiger partial charge is 0.507 e. The maximum absolute atomic E-state index is 12.8. The average Bonchev–Trinajstić information content (AvgIpc) is 2.92. The summed E-state index contributed by atoms with van der Waals surface area (Å²) >= 11 is 0. The number of methoxy groups -OCH3 is 1. The highest BCUT2D eigenvalue weighted by Crippen LogP contribution is 2.40. The quantitative estimate of drug-likeness (QED) is 0.498. The van der Waals surface area contributed by atoms with Gasteiger partial charge in [-0.2, -0.15) is 0 Å². The van der Waals surface area contributed by atoms with Gasteiger partial charge < -0.3 is 14.7 Å². The van der Waals surface area contributed by atoms with E-state index < -0.39 is 17.7 Å². The number of benzene rings is 2. The smallest absolute Gasteiger partial charge is 0.295 e. The number of Topliss-reactive ketones (excluding diaryl/α,β-unsaturated/α-hetero) is 1. The van der Waals surface area contributed by atoms with Gasteiger partial charge in [0.1, 0.15) is 11.5 Å². The highest BCUT2D eigenvalue weighted by atomic mass is 16.5. The third kappa shape index (κ3) is 3.58. The Bertz CT molecular complexity index is 886. The van der Waals surface area contributed by atoms with E-state index in [1.807, 2.05) is 32.0 Å². The molecule has 1 aliphatic heterocycles. The summed E-state index contributed by atoms with van der Waals surface area (Å²) in [5.41, 5.74) is 1.35. The summed E-state index contributed by atoms with van der Waals surface area (Å²) in [5, 5.41) is 10.9. The molecule has 3 rings (SSSR count). The Balaban J connectivity index is 2.19. The molecule has 5 nitrogen and oxygen atoms in total. The number of aliphatic hydroxyl groups excluding tert-OH is 1. The molecule has 1 N–H and O–H groups in total. The van der Waals surface area contributed by atoms with E-state index in [1.54, 1.807) is 43.5 Å². The molecule has 0 radical (unpaired) electrons. The van der Waals surface area contributed by atoms with Crippen LogP contribution in [0.4, 0.5) is 0 Å². The topological polar surface area (TPSA) is 66.8 Å². The first-order valence-electron chi connectivity index (χ1n) is 8.91. The number of carbonyl (C=O) groups excluding carboxylic acids is 2. The normalized spacial score (nSPS) is 19.0. The van der Waals surface area contributed by atoms with Crippen molar-refractivity contribution in [1.29, 1.82) is 0 Å². The molecule has 1 atom stereocenters. The average molecular weight is 365 g/mol. The first-order chi connectivity index (χ1) is 12.9. The molecule has 5 heteroatoms. The summed E-state index contributed by atoms with van der Waals surface area (Å²) in [4.78, 5) is 27.1. The molecule has 0 aromatic heterocycles. The predicted molar refractivity (Wildman–Crippen MR) is 103 cm³/mol. The van der Waals surface area contributed by atoms with Crippen molar-refractivity contribution in [3.05, 3.63) is 71.3 Å². The van der Waals surface area contributed by atoms with Gasteiger partial charge in [0, 0.05) is 12.1 Å². The van der Waals surface area contributed by atoms with Gasteiger partial charge in [-0.1, -0.05) is 56.3 Å². The van der Waals surface area contributed by atoms with E-state index in [0.29, 0.717) is 17.9 Å². The summed E-state index contributed by atoms with van der Waals surface area (Å²) in [5.74, 6) is -0.609. The molecule has 1 aliphatic rings. The Morgan fingerprint density at radius 3 is 2.44 bits per heavy atom. The molecule has 0 spiro atoms. The number of amides is 1. The van der Waals surface area contributed by atoms with Crippen LogP contribution in [0.5, 0.6) is 5.75 Å². The molecular formula is C22H23NO4. The highest BCUT2D eigenvalue weighted by Gasteiger charge is 2.46. The van der Waals surface area contributed by atoms with Gasteiger partial charge in [0.05, 0.1) is 18.7 Å². The van der Waals surface area contributed by atoms with Crippen molar-refractivity contribution in [3.63, 3.8) is 0 Å². The molecule has 1 fully saturated rings. The third-order valence-corrected chi connectivity index (χ3v) is 4.56. The van der Waals surface area contributed by atoms with Crippen molar-refractivity contribution >= 4 is 17.4 Å². The molecule has 0 saturated carbocycles. The minimum Gasteiger partial charge on any atom is -0.507 e. The summed E-state index contributed by atoms with van der Waals surface area (Å²) in [6, 6.07) is 15.4. The lowest BCUT2D eigenvalue weighted by atomic mass is 9.95. The van der Waals surface area contributed by atoms with Crippen molar-refractivity contribution in [1.82, 2.24) is 4.90 Å². The molecule has 2 aromatic carbocycles. The second-order valence-corrected chi connectivity index (χ2v) is 6.99. The number of aliphatic hydroxyl groups is 1. The van der Waals surface area contributed by atoms with E-state index in [1.165, 1.54) is 4.90 Å². The molecule has 1 heterocycles. The van der Waals surface area contributed by atoms with Crippen molar-refractivity contribution in [3.8, 4) is 5.75 Å². The number of ketones is 1. The van der Waals surface area contributed by atoms with Crippen molar-refractivity contribution in [2.45, 2.75) is 19.9 Å². The second-order valence-electron chi connectivity index (χ2n) is 6.99. The van der Waals surface area contributed by atoms with E-state index >= 15 is 0 Å². The SMILES string of the molecule is COc1cccc(C2/C(=C(/O)c3ccccc3)C(=O)C(=O)N2CC(C)C)c1. The van der Waals surface area contributed by atoms with Gasteiger partial charge in [0.2, 0.25) is 0 Å². The lowest BCUT2D eigenvalue weighted by molar-refractivity contribution is -0.140. The van der Waals surface area contributed by atoms with E-state index in [9.17, 15) is 14.7 Å². The molecule has 0 bridgehead atoms. The Labute approximate surface area is 158 Å². The molecule has 140 valence electrons. The number of rotatable bonds is 5. The van der Waals surface area contributed by atoms with E-state index in [0.717, 1.165) is 5.56 Å². The lowest BCUT2D eigenvalue weighted by Gasteiger charge is -2.27. The highest BCUT2D eigenvalue weighted by molar-refractivity contribution is 6.46. The van der Waals surface area contributed by atoms with Gasteiger partial charge in [-0.25, -0.2) is 0 Å². The summed E-state index contributed by atoms with van der Waals surface area (Å²) in [6.07, 6.45) is 0. The minimum absolute atomic E-state index is 0.111. The van der Waals surface area contributed by atoms with Gasteiger partial charge in [0.25, 0.3) is 11.7 Å². The monoisotopic (exact) mass is 365 g/mol. The van der Waals surface area contributed by atoms with Crippen molar-refractivity contribution in [2.75, 3.05) is 13.7 Å². The van der Waals surface area contributed by atoms with Crippen LogP contribution in [0.25, 0.3) is 5.76 Å². The third-order valence-electron chi connectivity index (χ3n) is 4.56. The van der Waals surface area contributed by atoms with E-state index in [4.69, 9.17) is 4.74 Å². The van der Waals surface area contributed by atoms with Crippen LogP contribution in [-0.4, -0.2) is 35.4 Å². The summed E-state index contributed by atoms with van der Waals surface area (Å²) < 4.78 is 5.30. The van der Waals surface area contributed by atoms with Crippen LogP contribution < -0.4 is 4.74 Å². The van der Waals surface area contributed by atoms with Crippen LogP contribution in [0.15, 0.2) is 60.2 Å². The van der Waals surface area contributed by atoms with Crippen LogP contribution in [0, 0.1) is 5.92 Å². The molecule has 1 saturated heterocycles. The van der Waals surface area contributed by atoms with Crippen LogP contribution in [-0.2, 0) is 9.59 Å². The lowest BCUT2D eigenvalue weighted by Crippen LogP contribution is -2.33. The van der Waals surface area contributed by atoms with Crippen LogP contribution >= 0.6 is 0 Å². The zero-order valence-corrected chi connectivity index (χ0v) is 15.7. The zero-order chi connectivity index (χ0) is 19.6. The Morgan fingerprint density at radius 2 is 1.81 bits per heavy atom. The van der Waals surface area contributed by atoms with Gasteiger partial charge in [0.15, 0.2) is 0 Å². The molecule has 27 heavy (non-hydrogen) atoms. The van der Waals surface area contributed by atoms with Gasteiger partial charge in [-0.3, -0.25) is 9.59 Å². The second kappa shape index (κ2) is 7.66. The van der Waals surface area contributed by atoms with Gasteiger partial charge >= 0.3 is 0 Å². The predicted octanol–water partition coefficient (Wildman–Crippen LogP) is 3.77. The van der Waals surface area contributed by atoms with Gasteiger partial charge in [-0.05, 0) is 23.6 Å². The molecule has 2 aromatic rings. The Kier molecular flexibility index (Phi) is 5.31. The van der Waals surface area contributed by atoms with Crippen LogP contribution in [0.2, 0.25) is 0 Å². The number of likely N-dealkylation sites (tertiary alicyclic amines) is 1. The number of hydrogen-bond acceptors (Lipinski definition) is 4. The standard InChI is InChI=1S/C22H23NO4/c1-14(2)13-23-19(16-10-7-11-17(12-16)27-3)18(21(25)22(23)26)20(24)15-8-5-4-6-9-15/h4-12,14,19,24H,13H2,1-3H3/b20-18-. The fourth-order valence-electron chi connectivity index (χ4n) is 3.37. The van der Waals surface area contributed by atoms with E-state index in [2.05, 4.69) is 0 Å². The number of carbonyl (C=O) groups is 2. The first kappa shape index (κ1) is 18.7. The van der Waals surface area contributed by atoms with Crippen LogP contribution in [0.1, 0.15) is 31.0 Å². The Morgan fingerprint density at radius 1 is 1.11 bits per heavy atom. The molecule has 1 unspecified atom stereocenters. The molecular weight excluding hydrogens is 342 g/mol. The summed E-state index contributed by atoms with van der Waals surface area (Å²) in [6.45, 7) is 4.39. The maximum atomic E-state index is 12.8. The maximum Gasteiger partial charge on any atom is 0.295 e. The van der Waals surface area contributed by atoms with Crippen molar-refractivity contribution < 1.29 is 19.4 Å². The molecule has 0 aliphatic carbocycles. The number of nitrogens with zero attached hydrogens (tertiary/aromatic N) is 1. The minimum atomic E-state index is -0.662.